The molecule has 0 radical (unpaired) electrons. The van der Waals surface area contributed by atoms with Crippen LogP contribution in [-0.4, -0.2) is 41.4 Å². The zero-order valence-corrected chi connectivity index (χ0v) is 14.9. The van der Waals surface area contributed by atoms with Gasteiger partial charge in [0.2, 0.25) is 5.91 Å². The minimum absolute atomic E-state index is 0.0221. The highest BCUT2D eigenvalue weighted by Crippen LogP contribution is 2.14. The average Bonchev–Trinajstić information content (AvgIpc) is 3.08. The lowest BCUT2D eigenvalue weighted by atomic mass is 10.2. The molecule has 0 aliphatic carbocycles. The molecule has 0 unspecified atom stereocenters. The Hall–Kier alpha value is -2.22. The lowest BCUT2D eigenvalue weighted by Gasteiger charge is -2.13. The van der Waals surface area contributed by atoms with Crippen molar-refractivity contribution in [3.8, 4) is 0 Å². The van der Waals surface area contributed by atoms with E-state index in [0.29, 0.717) is 24.5 Å². The number of hydrogen-bond acceptors (Lipinski definition) is 4. The van der Waals surface area contributed by atoms with Gasteiger partial charge in [0, 0.05) is 29.0 Å². The van der Waals surface area contributed by atoms with Crippen molar-refractivity contribution in [1.29, 1.82) is 0 Å². The predicted octanol–water partition coefficient (Wildman–Crippen LogP) is 1.89. The number of anilines is 1. The van der Waals surface area contributed by atoms with Gasteiger partial charge in [0.05, 0.1) is 6.42 Å². The van der Waals surface area contributed by atoms with Crippen LogP contribution in [0.5, 0.6) is 0 Å². The van der Waals surface area contributed by atoms with Gasteiger partial charge in [-0.15, -0.1) is 0 Å². The topological polar surface area (TPSA) is 90.9 Å². The Morgan fingerprint density at radius 3 is 2.42 bits per heavy atom. The first-order chi connectivity index (χ1) is 11.5. The Balaban J connectivity index is 1.80. The van der Waals surface area contributed by atoms with Gasteiger partial charge in [-0.2, -0.15) is 5.10 Å². The molecule has 1 aromatic rings. The van der Waals surface area contributed by atoms with E-state index >= 15 is 0 Å². The highest BCUT2D eigenvalue weighted by Gasteiger charge is 2.24. The minimum atomic E-state index is -0.774. The molecule has 1 aromatic carbocycles. The second-order valence-corrected chi connectivity index (χ2v) is 6.43. The molecule has 1 aliphatic rings. The standard InChI is InChI=1S/C16H19BrN4O3/c1-11(10-14(22)18-13-6-4-12(17)5-7-13)19-20-15(23)16(24)21-8-2-3-9-21/h4-7H,2-3,8-10H2,1H3,(H,18,22)(H,20,23)/b19-11+. The molecule has 3 amide bonds. The van der Waals surface area contributed by atoms with E-state index in [9.17, 15) is 14.4 Å². The fraction of sp³-hybridized carbons (Fsp3) is 0.375. The average molecular weight is 395 g/mol. The number of amides is 3. The van der Waals surface area contributed by atoms with Gasteiger partial charge in [0.15, 0.2) is 0 Å². The Labute approximate surface area is 148 Å². The molecule has 0 spiro atoms. The van der Waals surface area contributed by atoms with E-state index in [1.54, 1.807) is 19.1 Å². The minimum Gasteiger partial charge on any atom is -0.334 e. The normalized spacial score (nSPS) is 14.4. The molecular formula is C16H19BrN4O3. The number of nitrogens with zero attached hydrogens (tertiary/aromatic N) is 2. The molecule has 1 fully saturated rings. The van der Waals surface area contributed by atoms with E-state index in [1.807, 2.05) is 12.1 Å². The SMILES string of the molecule is C/C(CC(=O)Nc1ccc(Br)cc1)=N\NC(=O)C(=O)N1CCCC1. The first-order valence-electron chi connectivity index (χ1n) is 7.63. The monoisotopic (exact) mass is 394 g/mol. The van der Waals surface area contributed by atoms with Crippen molar-refractivity contribution in [2.24, 2.45) is 5.10 Å². The summed E-state index contributed by atoms with van der Waals surface area (Å²) in [5.41, 5.74) is 3.29. The summed E-state index contributed by atoms with van der Waals surface area (Å²) in [6.45, 7) is 2.82. The molecule has 7 nitrogen and oxygen atoms in total. The van der Waals surface area contributed by atoms with Gasteiger partial charge in [-0.3, -0.25) is 14.4 Å². The number of rotatable bonds is 4. The van der Waals surface area contributed by atoms with Crippen LogP contribution in [0.2, 0.25) is 0 Å². The van der Waals surface area contributed by atoms with E-state index in [-0.39, 0.29) is 12.3 Å². The van der Waals surface area contributed by atoms with Crippen LogP contribution in [0.25, 0.3) is 0 Å². The molecular weight excluding hydrogens is 376 g/mol. The van der Waals surface area contributed by atoms with E-state index in [4.69, 9.17) is 0 Å². The number of hydrogen-bond donors (Lipinski definition) is 2. The van der Waals surface area contributed by atoms with Crippen LogP contribution in [0, 0.1) is 0 Å². The van der Waals surface area contributed by atoms with Crippen LogP contribution in [0.3, 0.4) is 0 Å². The maximum atomic E-state index is 11.9. The number of hydrazone groups is 1. The maximum absolute atomic E-state index is 11.9. The van der Waals surface area contributed by atoms with Crippen molar-refractivity contribution >= 4 is 45.1 Å². The van der Waals surface area contributed by atoms with E-state index in [2.05, 4.69) is 31.8 Å². The van der Waals surface area contributed by atoms with Crippen LogP contribution in [-0.2, 0) is 14.4 Å². The van der Waals surface area contributed by atoms with Crippen LogP contribution in [0.15, 0.2) is 33.8 Å². The second-order valence-electron chi connectivity index (χ2n) is 5.52. The molecule has 2 N–H and O–H groups in total. The summed E-state index contributed by atoms with van der Waals surface area (Å²) in [7, 11) is 0. The summed E-state index contributed by atoms with van der Waals surface area (Å²) < 4.78 is 0.920. The zero-order valence-electron chi connectivity index (χ0n) is 13.3. The molecule has 128 valence electrons. The Bertz CT molecular complexity index is 652. The third-order valence-corrected chi connectivity index (χ3v) is 4.01. The van der Waals surface area contributed by atoms with Gasteiger partial charge in [-0.25, -0.2) is 5.43 Å². The highest BCUT2D eigenvalue weighted by atomic mass is 79.9. The highest BCUT2D eigenvalue weighted by molar-refractivity contribution is 9.10. The van der Waals surface area contributed by atoms with Gasteiger partial charge >= 0.3 is 11.8 Å². The molecule has 1 aliphatic heterocycles. The summed E-state index contributed by atoms with van der Waals surface area (Å²) in [6, 6.07) is 7.18. The largest absolute Gasteiger partial charge is 0.334 e. The van der Waals surface area contributed by atoms with Crippen molar-refractivity contribution in [1.82, 2.24) is 10.3 Å². The molecule has 8 heteroatoms. The van der Waals surface area contributed by atoms with Crippen molar-refractivity contribution < 1.29 is 14.4 Å². The van der Waals surface area contributed by atoms with Gasteiger partial charge < -0.3 is 10.2 Å². The number of benzene rings is 1. The van der Waals surface area contributed by atoms with Gasteiger partial charge in [-0.05, 0) is 44.0 Å². The third-order valence-electron chi connectivity index (χ3n) is 3.48. The third kappa shape index (κ3) is 5.45. The van der Waals surface area contributed by atoms with Gasteiger partial charge in [-0.1, -0.05) is 15.9 Å². The van der Waals surface area contributed by atoms with Crippen LogP contribution >= 0.6 is 15.9 Å². The second kappa shape index (κ2) is 8.58. The van der Waals surface area contributed by atoms with Gasteiger partial charge in [0.25, 0.3) is 0 Å². The van der Waals surface area contributed by atoms with Crippen molar-refractivity contribution in [3.63, 3.8) is 0 Å². The smallest absolute Gasteiger partial charge is 0.329 e. The fourth-order valence-corrected chi connectivity index (χ4v) is 2.53. The number of carbonyl (C=O) groups excluding carboxylic acids is 3. The van der Waals surface area contributed by atoms with E-state index in [1.165, 1.54) is 4.90 Å². The molecule has 2 rings (SSSR count). The molecule has 0 bridgehead atoms. The molecule has 1 heterocycles. The lowest BCUT2D eigenvalue weighted by molar-refractivity contribution is -0.145. The number of halogens is 1. The molecule has 1 saturated heterocycles. The number of nitrogens with one attached hydrogen (secondary N) is 2. The van der Waals surface area contributed by atoms with Crippen molar-refractivity contribution in [3.05, 3.63) is 28.7 Å². The molecule has 0 atom stereocenters. The zero-order chi connectivity index (χ0) is 17.5. The Kier molecular flexibility index (Phi) is 6.48. The molecule has 0 saturated carbocycles. The van der Waals surface area contributed by atoms with Gasteiger partial charge in [0.1, 0.15) is 0 Å². The first-order valence-corrected chi connectivity index (χ1v) is 8.43. The van der Waals surface area contributed by atoms with E-state index < -0.39 is 11.8 Å². The molecule has 0 aromatic heterocycles. The van der Waals surface area contributed by atoms with E-state index in [0.717, 1.165) is 17.3 Å². The summed E-state index contributed by atoms with van der Waals surface area (Å²) in [6.07, 6.45) is 1.85. The first kappa shape index (κ1) is 18.1. The van der Waals surface area contributed by atoms with Crippen molar-refractivity contribution in [2.45, 2.75) is 26.2 Å². The quantitative estimate of drug-likeness (QED) is 0.464. The fourth-order valence-electron chi connectivity index (χ4n) is 2.27. The molecule has 24 heavy (non-hydrogen) atoms. The Morgan fingerprint density at radius 2 is 1.79 bits per heavy atom. The number of carbonyl (C=O) groups is 3. The Morgan fingerprint density at radius 1 is 1.17 bits per heavy atom. The summed E-state index contributed by atoms with van der Waals surface area (Å²) in [4.78, 5) is 36.9. The van der Waals surface area contributed by atoms with Crippen LogP contribution < -0.4 is 10.7 Å². The van der Waals surface area contributed by atoms with Crippen LogP contribution in [0.4, 0.5) is 5.69 Å². The van der Waals surface area contributed by atoms with Crippen molar-refractivity contribution in [2.75, 3.05) is 18.4 Å². The summed E-state index contributed by atoms with van der Waals surface area (Å²) >= 11 is 3.32. The number of likely N-dealkylation sites (tertiary alicyclic amines) is 1. The summed E-state index contributed by atoms with van der Waals surface area (Å²) in [5.74, 6) is -1.60. The lowest BCUT2D eigenvalue weighted by Crippen LogP contribution is -2.40. The van der Waals surface area contributed by atoms with Crippen LogP contribution in [0.1, 0.15) is 26.2 Å². The summed E-state index contributed by atoms with van der Waals surface area (Å²) in [5, 5.41) is 6.54. The maximum Gasteiger partial charge on any atom is 0.329 e. The predicted molar refractivity (Wildman–Crippen MR) is 94.5 cm³/mol.